The van der Waals surface area contributed by atoms with Gasteiger partial charge in [-0.2, -0.15) is 0 Å². The van der Waals surface area contributed by atoms with Crippen LogP contribution in [0.5, 0.6) is 0 Å². The van der Waals surface area contributed by atoms with Gasteiger partial charge in [-0.15, -0.1) is 12.4 Å². The Hall–Kier alpha value is -1.71. The lowest BCUT2D eigenvalue weighted by molar-refractivity contribution is -0.116. The van der Waals surface area contributed by atoms with E-state index < -0.39 is 21.5 Å². The van der Waals surface area contributed by atoms with E-state index in [4.69, 9.17) is 11.6 Å². The molecule has 2 aromatic carbocycles. The predicted octanol–water partition coefficient (Wildman–Crippen LogP) is 4.13. The topological polar surface area (TPSA) is 70.6 Å². The first-order valence-electron chi connectivity index (χ1n) is 9.05. The second-order valence-corrected chi connectivity index (χ2v) is 10.3. The van der Waals surface area contributed by atoms with Gasteiger partial charge in [-0.1, -0.05) is 41.1 Å². The lowest BCUT2D eigenvalue weighted by atomic mass is 10.3. The number of sulfone groups is 1. The summed E-state index contributed by atoms with van der Waals surface area (Å²) in [5.74, 6) is -1.09. The molecule has 0 radical (unpaired) electrons. The van der Waals surface area contributed by atoms with Gasteiger partial charge >= 0.3 is 0 Å². The van der Waals surface area contributed by atoms with E-state index in [1.165, 1.54) is 28.4 Å². The minimum Gasteiger partial charge on any atom is -0.309 e. The summed E-state index contributed by atoms with van der Waals surface area (Å²) >= 11 is 7.39. The summed E-state index contributed by atoms with van der Waals surface area (Å²) < 4.78 is 26.2. The van der Waals surface area contributed by atoms with E-state index in [2.05, 4.69) is 4.98 Å². The number of aromatic nitrogens is 1. The number of carbonyl (C=O) groups is 1. The minimum atomic E-state index is -3.74. The second kappa shape index (κ2) is 10.5. The smallest absolute Gasteiger partial charge is 0.244 e. The monoisotopic (exact) mass is 487 g/mol. The van der Waals surface area contributed by atoms with E-state index in [9.17, 15) is 13.2 Å². The van der Waals surface area contributed by atoms with E-state index in [-0.39, 0.29) is 17.3 Å². The first kappa shape index (κ1) is 24.6. The third-order valence-electron chi connectivity index (χ3n) is 4.27. The van der Waals surface area contributed by atoms with E-state index in [1.807, 2.05) is 19.0 Å². The van der Waals surface area contributed by atoms with Crippen molar-refractivity contribution in [1.29, 1.82) is 0 Å². The van der Waals surface area contributed by atoms with E-state index in [1.54, 1.807) is 36.4 Å². The van der Waals surface area contributed by atoms with Crippen LogP contribution in [0.2, 0.25) is 5.02 Å². The number of fused-ring (bicyclic) bond motifs is 1. The molecule has 0 aliphatic rings. The predicted molar refractivity (Wildman–Crippen MR) is 126 cm³/mol. The Morgan fingerprint density at radius 3 is 2.47 bits per heavy atom. The molecule has 0 aliphatic carbocycles. The summed E-state index contributed by atoms with van der Waals surface area (Å²) in [5.41, 5.74) is 0.728. The molecular weight excluding hydrogens is 465 g/mol. The molecule has 0 spiro atoms. The van der Waals surface area contributed by atoms with E-state index in [0.717, 1.165) is 16.8 Å². The lowest BCUT2D eigenvalue weighted by Crippen LogP contribution is -2.37. The highest BCUT2D eigenvalue weighted by molar-refractivity contribution is 7.92. The molecular formula is C20H23Cl2N3O3S2. The number of thiazole rings is 1. The molecule has 0 unspecified atom stereocenters. The van der Waals surface area contributed by atoms with Gasteiger partial charge in [0.15, 0.2) is 15.0 Å². The molecule has 0 atom stereocenters. The van der Waals surface area contributed by atoms with Crippen LogP contribution >= 0.6 is 35.3 Å². The Kier molecular flexibility index (Phi) is 8.63. The Morgan fingerprint density at radius 1 is 1.10 bits per heavy atom. The van der Waals surface area contributed by atoms with Gasteiger partial charge in [0, 0.05) is 11.6 Å². The van der Waals surface area contributed by atoms with Gasteiger partial charge in [0.1, 0.15) is 5.75 Å². The Balaban J connectivity index is 0.00000320. The lowest BCUT2D eigenvalue weighted by Gasteiger charge is -2.21. The number of rotatable bonds is 8. The highest BCUT2D eigenvalue weighted by Gasteiger charge is 2.26. The molecule has 0 N–H and O–H groups in total. The molecule has 0 bridgehead atoms. The maximum atomic E-state index is 13.0. The van der Waals surface area contributed by atoms with Crippen molar-refractivity contribution in [1.82, 2.24) is 9.88 Å². The van der Waals surface area contributed by atoms with Crippen molar-refractivity contribution in [2.45, 2.75) is 11.3 Å². The van der Waals surface area contributed by atoms with E-state index >= 15 is 0 Å². The van der Waals surface area contributed by atoms with Gasteiger partial charge in [0.2, 0.25) is 5.91 Å². The van der Waals surface area contributed by atoms with Crippen molar-refractivity contribution < 1.29 is 13.2 Å². The number of amides is 1. The number of hydrogen-bond donors (Lipinski definition) is 0. The maximum Gasteiger partial charge on any atom is 0.244 e. The summed E-state index contributed by atoms with van der Waals surface area (Å²) in [6.45, 7) is 1.15. The number of halogens is 2. The van der Waals surface area contributed by atoms with Crippen LogP contribution in [-0.4, -0.2) is 57.1 Å². The van der Waals surface area contributed by atoms with Crippen LogP contribution in [0.3, 0.4) is 0 Å². The summed E-state index contributed by atoms with van der Waals surface area (Å²) in [4.78, 5) is 21.2. The van der Waals surface area contributed by atoms with Gasteiger partial charge < -0.3 is 4.90 Å². The fourth-order valence-corrected chi connectivity index (χ4v) is 5.33. The van der Waals surface area contributed by atoms with Crippen molar-refractivity contribution >= 4 is 66.4 Å². The van der Waals surface area contributed by atoms with Gasteiger partial charge in [0.05, 0.1) is 15.1 Å². The molecule has 6 nitrogen and oxygen atoms in total. The van der Waals surface area contributed by atoms with Gasteiger partial charge in [-0.3, -0.25) is 9.69 Å². The SMILES string of the molecule is CN(C)CCCN(C(=O)CS(=O)(=O)c1ccccc1)c1nc2ccc(Cl)cc2s1.Cl. The molecule has 3 aromatic rings. The van der Waals surface area contributed by atoms with Gasteiger partial charge in [-0.25, -0.2) is 13.4 Å². The molecule has 0 aliphatic heterocycles. The minimum absolute atomic E-state index is 0. The van der Waals surface area contributed by atoms with Crippen LogP contribution in [0.25, 0.3) is 10.2 Å². The molecule has 162 valence electrons. The molecule has 0 saturated carbocycles. The van der Waals surface area contributed by atoms with Crippen molar-refractivity contribution in [2.75, 3.05) is 37.8 Å². The number of anilines is 1. The summed E-state index contributed by atoms with van der Waals surface area (Å²) in [7, 11) is 0.164. The van der Waals surface area contributed by atoms with E-state index in [0.29, 0.717) is 23.1 Å². The Bertz CT molecular complexity index is 1100. The fraction of sp³-hybridized carbons (Fsp3) is 0.300. The van der Waals surface area contributed by atoms with Crippen LogP contribution in [0, 0.1) is 0 Å². The highest BCUT2D eigenvalue weighted by atomic mass is 35.5. The average Bonchev–Trinajstić information content (AvgIpc) is 3.07. The summed E-state index contributed by atoms with van der Waals surface area (Å²) in [6.07, 6.45) is 0.695. The molecule has 0 saturated heterocycles. The second-order valence-electron chi connectivity index (χ2n) is 6.88. The average molecular weight is 488 g/mol. The zero-order valence-electron chi connectivity index (χ0n) is 16.6. The summed E-state index contributed by atoms with van der Waals surface area (Å²) in [6, 6.07) is 13.3. The van der Waals surface area contributed by atoms with Crippen molar-refractivity contribution in [2.24, 2.45) is 0 Å². The molecule has 1 heterocycles. The number of nitrogens with zero attached hydrogens (tertiary/aromatic N) is 3. The zero-order valence-corrected chi connectivity index (χ0v) is 19.8. The van der Waals surface area contributed by atoms with Gasteiger partial charge in [-0.05, 0) is 57.4 Å². The fourth-order valence-electron chi connectivity index (χ4n) is 2.83. The largest absolute Gasteiger partial charge is 0.309 e. The van der Waals surface area contributed by atoms with Crippen LogP contribution < -0.4 is 4.90 Å². The van der Waals surface area contributed by atoms with Crippen LogP contribution in [-0.2, 0) is 14.6 Å². The normalized spacial score (nSPS) is 11.5. The van der Waals surface area contributed by atoms with Crippen molar-refractivity contribution in [3.63, 3.8) is 0 Å². The van der Waals surface area contributed by atoms with Crippen molar-refractivity contribution in [3.8, 4) is 0 Å². The number of carbonyl (C=O) groups excluding carboxylic acids is 1. The molecule has 3 rings (SSSR count). The molecule has 30 heavy (non-hydrogen) atoms. The first-order chi connectivity index (χ1) is 13.8. The molecule has 1 amide bonds. The van der Waals surface area contributed by atoms with Crippen LogP contribution in [0.15, 0.2) is 53.4 Å². The number of benzene rings is 2. The zero-order chi connectivity index (χ0) is 21.0. The molecule has 10 heteroatoms. The third-order valence-corrected chi connectivity index (χ3v) is 7.17. The van der Waals surface area contributed by atoms with Crippen LogP contribution in [0.4, 0.5) is 5.13 Å². The standard InChI is InChI=1S/C20H22ClN3O3S2.ClH/c1-23(2)11-6-12-24(20-22-17-10-9-15(21)13-18(17)28-20)19(25)14-29(26,27)16-7-4-3-5-8-16;/h3-5,7-10,13H,6,11-12,14H2,1-2H3;1H. The highest BCUT2D eigenvalue weighted by Crippen LogP contribution is 2.31. The van der Waals surface area contributed by atoms with Crippen molar-refractivity contribution in [3.05, 3.63) is 53.6 Å². The number of hydrogen-bond acceptors (Lipinski definition) is 6. The quantitative estimate of drug-likeness (QED) is 0.477. The van der Waals surface area contributed by atoms with Gasteiger partial charge in [0.25, 0.3) is 0 Å². The first-order valence-corrected chi connectivity index (χ1v) is 11.9. The third kappa shape index (κ3) is 6.15. The summed E-state index contributed by atoms with van der Waals surface area (Å²) in [5, 5.41) is 1.07. The molecule has 0 fully saturated rings. The maximum absolute atomic E-state index is 13.0. The molecule has 1 aromatic heterocycles. The Morgan fingerprint density at radius 2 is 1.80 bits per heavy atom. The van der Waals surface area contributed by atoms with Crippen LogP contribution in [0.1, 0.15) is 6.42 Å². The Labute approximate surface area is 191 Å².